The summed E-state index contributed by atoms with van der Waals surface area (Å²) in [5.74, 6) is 0. The molecule has 78 valence electrons. The van der Waals surface area contributed by atoms with Gasteiger partial charge in [-0.3, -0.25) is 4.79 Å². The largest absolute Gasteiger partial charge is 0.416 e. The molecule has 0 aliphatic heterocycles. The summed E-state index contributed by atoms with van der Waals surface area (Å²) in [4.78, 5) is 11.1. The molecule has 0 saturated heterocycles. The summed E-state index contributed by atoms with van der Waals surface area (Å²) in [6.07, 6.45) is -3.22. The van der Waals surface area contributed by atoms with Gasteiger partial charge in [0.15, 0.2) is 0 Å². The van der Waals surface area contributed by atoms with Crippen molar-refractivity contribution in [2.24, 2.45) is 0 Å². The van der Waals surface area contributed by atoms with Gasteiger partial charge in [-0.2, -0.15) is 18.3 Å². The Balaban J connectivity index is 2.73. The van der Waals surface area contributed by atoms with E-state index in [0.717, 1.165) is 18.2 Å². The van der Waals surface area contributed by atoms with Gasteiger partial charge in [0.1, 0.15) is 0 Å². The van der Waals surface area contributed by atoms with Gasteiger partial charge in [0.2, 0.25) is 0 Å². The molecule has 15 heavy (non-hydrogen) atoms. The Hall–Kier alpha value is -1.85. The number of rotatable bonds is 0. The quantitative estimate of drug-likeness (QED) is 0.728. The van der Waals surface area contributed by atoms with Gasteiger partial charge in [0.25, 0.3) is 5.56 Å². The minimum absolute atomic E-state index is 0.175. The fraction of sp³-hybridized carbons (Fsp3) is 0.111. The first-order valence-corrected chi connectivity index (χ1v) is 4.03. The number of alkyl halides is 3. The fourth-order valence-corrected chi connectivity index (χ4v) is 1.27. The van der Waals surface area contributed by atoms with E-state index in [0.29, 0.717) is 0 Å². The van der Waals surface area contributed by atoms with Crippen LogP contribution in [0.2, 0.25) is 0 Å². The predicted octanol–water partition coefficient (Wildman–Crippen LogP) is 1.94. The van der Waals surface area contributed by atoms with Gasteiger partial charge in [-0.05, 0) is 18.2 Å². The molecule has 2 rings (SSSR count). The number of benzene rings is 1. The minimum Gasteiger partial charge on any atom is -0.267 e. The Morgan fingerprint density at radius 1 is 1.27 bits per heavy atom. The Morgan fingerprint density at radius 3 is 2.67 bits per heavy atom. The molecule has 1 heterocycles. The highest BCUT2D eigenvalue weighted by Gasteiger charge is 2.30. The lowest BCUT2D eigenvalue weighted by atomic mass is 10.1. The molecule has 0 fully saturated rings. The molecule has 3 nitrogen and oxygen atoms in total. The minimum atomic E-state index is -4.41. The maximum absolute atomic E-state index is 12.3. The molecule has 0 atom stereocenters. The molecule has 0 bridgehead atoms. The second-order valence-corrected chi connectivity index (χ2v) is 3.00. The zero-order valence-corrected chi connectivity index (χ0v) is 7.30. The summed E-state index contributed by atoms with van der Waals surface area (Å²) in [6, 6.07) is 2.91. The van der Waals surface area contributed by atoms with E-state index in [1.165, 1.54) is 6.20 Å². The molecule has 0 saturated carbocycles. The van der Waals surface area contributed by atoms with Crippen LogP contribution in [0.3, 0.4) is 0 Å². The lowest BCUT2D eigenvalue weighted by Gasteiger charge is -2.06. The van der Waals surface area contributed by atoms with Crippen molar-refractivity contribution >= 4 is 10.8 Å². The third-order valence-electron chi connectivity index (χ3n) is 1.99. The van der Waals surface area contributed by atoms with E-state index in [1.807, 2.05) is 0 Å². The lowest BCUT2D eigenvalue weighted by molar-refractivity contribution is -0.137. The van der Waals surface area contributed by atoms with Gasteiger partial charge in [-0.25, -0.2) is 5.10 Å². The number of aromatic amines is 1. The van der Waals surface area contributed by atoms with Crippen LogP contribution in [0, 0.1) is 0 Å². The average Bonchev–Trinajstić information content (AvgIpc) is 2.16. The van der Waals surface area contributed by atoms with Crippen molar-refractivity contribution in [1.29, 1.82) is 0 Å². The second-order valence-electron chi connectivity index (χ2n) is 3.00. The summed E-state index contributed by atoms with van der Waals surface area (Å²) < 4.78 is 36.9. The third kappa shape index (κ3) is 1.70. The van der Waals surface area contributed by atoms with Crippen molar-refractivity contribution < 1.29 is 13.2 Å². The third-order valence-corrected chi connectivity index (χ3v) is 1.99. The van der Waals surface area contributed by atoms with Crippen LogP contribution < -0.4 is 5.56 Å². The summed E-state index contributed by atoms with van der Waals surface area (Å²) >= 11 is 0. The van der Waals surface area contributed by atoms with Crippen molar-refractivity contribution in [2.45, 2.75) is 6.18 Å². The Morgan fingerprint density at radius 2 is 2.00 bits per heavy atom. The summed E-state index contributed by atoms with van der Waals surface area (Å²) in [5.41, 5.74) is -1.29. The molecule has 0 spiro atoms. The number of H-pyrrole nitrogens is 1. The van der Waals surface area contributed by atoms with Crippen LogP contribution >= 0.6 is 0 Å². The van der Waals surface area contributed by atoms with Crippen molar-refractivity contribution in [3.63, 3.8) is 0 Å². The van der Waals surface area contributed by atoms with Crippen LogP contribution in [-0.4, -0.2) is 10.2 Å². The molecule has 1 aromatic carbocycles. The zero-order valence-electron chi connectivity index (χ0n) is 7.30. The topological polar surface area (TPSA) is 45.8 Å². The first kappa shape index (κ1) is 9.70. The number of fused-ring (bicyclic) bond motifs is 1. The molecular formula is C9H5F3N2O. The van der Waals surface area contributed by atoms with Crippen molar-refractivity contribution in [3.8, 4) is 0 Å². The molecule has 0 amide bonds. The first-order chi connectivity index (χ1) is 6.98. The van der Waals surface area contributed by atoms with Crippen LogP contribution in [0.1, 0.15) is 5.56 Å². The van der Waals surface area contributed by atoms with Gasteiger partial charge >= 0.3 is 6.18 Å². The first-order valence-electron chi connectivity index (χ1n) is 4.03. The van der Waals surface area contributed by atoms with Crippen LogP contribution in [-0.2, 0) is 6.18 Å². The molecule has 0 aliphatic carbocycles. The average molecular weight is 214 g/mol. The highest BCUT2D eigenvalue weighted by molar-refractivity contribution is 5.81. The van der Waals surface area contributed by atoms with Crippen LogP contribution in [0.5, 0.6) is 0 Å². The van der Waals surface area contributed by atoms with Gasteiger partial charge < -0.3 is 0 Å². The number of hydrogen-bond acceptors (Lipinski definition) is 2. The lowest BCUT2D eigenvalue weighted by Crippen LogP contribution is -2.09. The van der Waals surface area contributed by atoms with E-state index in [1.54, 1.807) is 0 Å². The standard InChI is InChI=1S/C9H5F3N2O/c10-9(11,12)6-1-2-7-5(3-6)4-13-14-8(7)15/h1-4H,(H,14,15). The maximum atomic E-state index is 12.3. The van der Waals surface area contributed by atoms with E-state index in [4.69, 9.17) is 0 Å². The number of hydrogen-bond donors (Lipinski definition) is 1. The number of nitrogens with zero attached hydrogens (tertiary/aromatic N) is 1. The highest BCUT2D eigenvalue weighted by atomic mass is 19.4. The Bertz CT molecular complexity index is 559. The second kappa shape index (κ2) is 3.08. The molecule has 1 N–H and O–H groups in total. The molecule has 2 aromatic rings. The summed E-state index contributed by atoms with van der Waals surface area (Å²) in [6.45, 7) is 0. The molecule has 0 aliphatic rings. The van der Waals surface area contributed by atoms with Crippen molar-refractivity contribution in [1.82, 2.24) is 10.2 Å². The van der Waals surface area contributed by atoms with Gasteiger partial charge in [0.05, 0.1) is 17.1 Å². The van der Waals surface area contributed by atoms with Crippen LogP contribution in [0.15, 0.2) is 29.2 Å². The maximum Gasteiger partial charge on any atom is 0.416 e. The molecule has 1 aromatic heterocycles. The predicted molar refractivity (Wildman–Crippen MR) is 47.4 cm³/mol. The van der Waals surface area contributed by atoms with E-state index < -0.39 is 17.3 Å². The summed E-state index contributed by atoms with van der Waals surface area (Å²) in [7, 11) is 0. The van der Waals surface area contributed by atoms with E-state index in [-0.39, 0.29) is 10.8 Å². The van der Waals surface area contributed by atoms with Gasteiger partial charge in [-0.15, -0.1) is 0 Å². The molecule has 0 radical (unpaired) electrons. The van der Waals surface area contributed by atoms with E-state index in [9.17, 15) is 18.0 Å². The van der Waals surface area contributed by atoms with Gasteiger partial charge in [-0.1, -0.05) is 0 Å². The van der Waals surface area contributed by atoms with Crippen LogP contribution in [0.4, 0.5) is 13.2 Å². The monoisotopic (exact) mass is 214 g/mol. The summed E-state index contributed by atoms with van der Waals surface area (Å²) in [5, 5.41) is 5.94. The fourth-order valence-electron chi connectivity index (χ4n) is 1.27. The number of aromatic nitrogens is 2. The smallest absolute Gasteiger partial charge is 0.267 e. The number of halogens is 3. The number of nitrogens with one attached hydrogen (secondary N) is 1. The normalized spacial score (nSPS) is 11.9. The van der Waals surface area contributed by atoms with Crippen LogP contribution in [0.25, 0.3) is 10.8 Å². The van der Waals surface area contributed by atoms with E-state index >= 15 is 0 Å². The molecular weight excluding hydrogens is 209 g/mol. The molecule has 6 heteroatoms. The Labute approximate surface area is 81.5 Å². The van der Waals surface area contributed by atoms with Crippen molar-refractivity contribution in [2.75, 3.05) is 0 Å². The highest BCUT2D eigenvalue weighted by Crippen LogP contribution is 2.30. The SMILES string of the molecule is O=c1[nH]ncc2cc(C(F)(F)F)ccc12. The Kier molecular flexibility index (Phi) is 1.99. The molecule has 0 unspecified atom stereocenters. The zero-order chi connectivity index (χ0) is 11.1. The van der Waals surface area contributed by atoms with Crippen molar-refractivity contribution in [3.05, 3.63) is 40.3 Å². The van der Waals surface area contributed by atoms with E-state index in [2.05, 4.69) is 10.2 Å². The van der Waals surface area contributed by atoms with Gasteiger partial charge in [0, 0.05) is 5.39 Å².